The molecule has 0 aliphatic rings. The number of amides is 1. The summed E-state index contributed by atoms with van der Waals surface area (Å²) in [5, 5.41) is 11.4. The van der Waals surface area contributed by atoms with Gasteiger partial charge < -0.3 is 15.2 Å². The highest BCUT2D eigenvalue weighted by Crippen LogP contribution is 2.18. The van der Waals surface area contributed by atoms with Crippen LogP contribution in [0.15, 0.2) is 42.5 Å². The predicted octanol–water partition coefficient (Wildman–Crippen LogP) is 2.48. The third-order valence-corrected chi connectivity index (χ3v) is 3.70. The molecule has 134 valence electrons. The minimum Gasteiger partial charge on any atom is -0.497 e. The van der Waals surface area contributed by atoms with Crippen LogP contribution >= 0.6 is 0 Å². The summed E-state index contributed by atoms with van der Waals surface area (Å²) >= 11 is 0. The molecule has 0 atom stereocenters. The van der Waals surface area contributed by atoms with Gasteiger partial charge in [0.15, 0.2) is 5.78 Å². The summed E-state index contributed by atoms with van der Waals surface area (Å²) in [6, 6.07) is 10.4. The molecule has 0 saturated heterocycles. The Balaban J connectivity index is 2.08. The van der Waals surface area contributed by atoms with Crippen molar-refractivity contribution in [3.63, 3.8) is 0 Å². The molecule has 0 aliphatic heterocycles. The number of Topliss-reactive ketones (excluding diaryl/α,β-unsaturated/α-hetero) is 2. The van der Waals surface area contributed by atoms with Crippen LogP contribution in [0.4, 0.5) is 5.69 Å². The van der Waals surface area contributed by atoms with Gasteiger partial charge in [-0.2, -0.15) is 0 Å². The maximum Gasteiger partial charge on any atom is 0.335 e. The SMILES string of the molecule is COc1cccc(C(=O)CC(=O)C(=O)Nc2cc(C(=O)O)ccc2C)c1. The molecule has 2 N–H and O–H groups in total. The Labute approximate surface area is 149 Å². The Hall–Kier alpha value is -3.48. The Kier molecular flexibility index (Phi) is 5.85. The van der Waals surface area contributed by atoms with Crippen LogP contribution in [0.1, 0.15) is 32.7 Å². The first kappa shape index (κ1) is 18.9. The fourth-order valence-electron chi connectivity index (χ4n) is 2.21. The van der Waals surface area contributed by atoms with Crippen LogP contribution in [-0.4, -0.2) is 35.7 Å². The molecule has 0 aliphatic carbocycles. The number of methoxy groups -OCH3 is 1. The van der Waals surface area contributed by atoms with Crippen molar-refractivity contribution in [2.24, 2.45) is 0 Å². The van der Waals surface area contributed by atoms with Gasteiger partial charge in [0, 0.05) is 11.3 Å². The van der Waals surface area contributed by atoms with Gasteiger partial charge in [0.2, 0.25) is 5.78 Å². The highest BCUT2D eigenvalue weighted by atomic mass is 16.5. The second-order valence-electron chi connectivity index (χ2n) is 5.54. The fourth-order valence-corrected chi connectivity index (χ4v) is 2.21. The number of ether oxygens (including phenoxy) is 1. The summed E-state index contributed by atoms with van der Waals surface area (Å²) in [6.07, 6.45) is -0.601. The van der Waals surface area contributed by atoms with E-state index in [1.54, 1.807) is 19.1 Å². The molecule has 26 heavy (non-hydrogen) atoms. The summed E-state index contributed by atoms with van der Waals surface area (Å²) < 4.78 is 5.02. The Morgan fingerprint density at radius 2 is 1.77 bits per heavy atom. The summed E-state index contributed by atoms with van der Waals surface area (Å²) in [4.78, 5) is 47.2. The van der Waals surface area contributed by atoms with E-state index in [9.17, 15) is 19.2 Å². The number of carboxylic acids is 1. The molecule has 0 saturated carbocycles. The average Bonchev–Trinajstić information content (AvgIpc) is 2.63. The summed E-state index contributed by atoms with van der Waals surface area (Å²) in [7, 11) is 1.45. The van der Waals surface area contributed by atoms with Crippen LogP contribution in [0.2, 0.25) is 0 Å². The number of carboxylic acid groups (broad SMARTS) is 1. The van der Waals surface area contributed by atoms with Crippen molar-refractivity contribution >= 4 is 29.1 Å². The molecule has 1 amide bonds. The van der Waals surface area contributed by atoms with Gasteiger partial charge in [0.05, 0.1) is 19.1 Å². The summed E-state index contributed by atoms with van der Waals surface area (Å²) in [5.41, 5.74) is 1.03. The number of ketones is 2. The number of benzene rings is 2. The van der Waals surface area contributed by atoms with E-state index in [1.807, 2.05) is 0 Å². The molecule has 2 rings (SSSR count). The van der Waals surface area contributed by atoms with Gasteiger partial charge in [-0.3, -0.25) is 14.4 Å². The molecule has 2 aromatic carbocycles. The van der Waals surface area contributed by atoms with E-state index in [2.05, 4.69) is 5.32 Å². The third-order valence-electron chi connectivity index (χ3n) is 3.70. The predicted molar refractivity (Wildman–Crippen MR) is 93.7 cm³/mol. The van der Waals surface area contributed by atoms with Crippen LogP contribution in [0, 0.1) is 6.92 Å². The van der Waals surface area contributed by atoms with E-state index in [0.29, 0.717) is 11.3 Å². The van der Waals surface area contributed by atoms with Crippen molar-refractivity contribution in [2.45, 2.75) is 13.3 Å². The van der Waals surface area contributed by atoms with Crippen LogP contribution in [0.25, 0.3) is 0 Å². The molecule has 2 aromatic rings. The number of rotatable bonds is 7. The number of nitrogens with one attached hydrogen (secondary N) is 1. The third kappa shape index (κ3) is 4.54. The van der Waals surface area contributed by atoms with E-state index in [0.717, 1.165) is 0 Å². The number of carbonyl (C=O) groups excluding carboxylic acids is 3. The molecule has 0 fully saturated rings. The zero-order valence-electron chi connectivity index (χ0n) is 14.2. The van der Waals surface area contributed by atoms with Crippen molar-refractivity contribution < 1.29 is 29.0 Å². The fraction of sp³-hybridized carbons (Fsp3) is 0.158. The van der Waals surface area contributed by atoms with Gasteiger partial charge in [-0.05, 0) is 36.8 Å². The molecule has 0 heterocycles. The Bertz CT molecular complexity index is 887. The van der Waals surface area contributed by atoms with Gasteiger partial charge in [-0.25, -0.2) is 4.79 Å². The molecule has 0 unspecified atom stereocenters. The van der Waals surface area contributed by atoms with Crippen LogP contribution < -0.4 is 10.1 Å². The minimum absolute atomic E-state index is 0.0224. The maximum atomic E-state index is 12.2. The number of aromatic carboxylic acids is 1. The summed E-state index contributed by atoms with van der Waals surface area (Å²) in [5.74, 6) is -3.10. The van der Waals surface area contributed by atoms with Gasteiger partial charge in [0.1, 0.15) is 5.75 Å². The lowest BCUT2D eigenvalue weighted by Gasteiger charge is -2.09. The molecular weight excluding hydrogens is 338 g/mol. The first-order chi connectivity index (χ1) is 12.3. The largest absolute Gasteiger partial charge is 0.497 e. The second-order valence-corrected chi connectivity index (χ2v) is 5.54. The van der Waals surface area contributed by atoms with Gasteiger partial charge in [0.25, 0.3) is 5.91 Å². The quantitative estimate of drug-likeness (QED) is 0.448. The van der Waals surface area contributed by atoms with Crippen molar-refractivity contribution in [3.05, 3.63) is 59.2 Å². The number of hydrogen-bond donors (Lipinski definition) is 2. The highest BCUT2D eigenvalue weighted by molar-refractivity contribution is 6.44. The molecule has 7 nitrogen and oxygen atoms in total. The lowest BCUT2D eigenvalue weighted by atomic mass is 10.0. The molecule has 7 heteroatoms. The van der Waals surface area contributed by atoms with Crippen molar-refractivity contribution in [3.8, 4) is 5.75 Å². The number of hydrogen-bond acceptors (Lipinski definition) is 5. The number of aryl methyl sites for hydroxylation is 1. The lowest BCUT2D eigenvalue weighted by Crippen LogP contribution is -2.25. The monoisotopic (exact) mass is 355 g/mol. The minimum atomic E-state index is -1.15. The molecule has 0 radical (unpaired) electrons. The average molecular weight is 355 g/mol. The molecular formula is C19H17NO6. The van der Waals surface area contributed by atoms with E-state index < -0.39 is 29.9 Å². The van der Waals surface area contributed by atoms with Crippen LogP contribution in [0.5, 0.6) is 5.75 Å². The van der Waals surface area contributed by atoms with E-state index in [1.165, 1.54) is 37.4 Å². The van der Waals surface area contributed by atoms with Crippen molar-refractivity contribution in [1.29, 1.82) is 0 Å². The van der Waals surface area contributed by atoms with Crippen LogP contribution in [-0.2, 0) is 9.59 Å². The van der Waals surface area contributed by atoms with E-state index in [-0.39, 0.29) is 16.8 Å². The zero-order valence-corrected chi connectivity index (χ0v) is 14.2. The number of anilines is 1. The molecule has 0 aromatic heterocycles. The van der Waals surface area contributed by atoms with Gasteiger partial charge >= 0.3 is 5.97 Å². The standard InChI is InChI=1S/C19H17NO6/c1-11-6-7-13(19(24)25)9-15(11)20-18(23)17(22)10-16(21)12-4-3-5-14(8-12)26-2/h3-9H,10H2,1-2H3,(H,20,23)(H,24,25). The van der Waals surface area contributed by atoms with Gasteiger partial charge in [-0.1, -0.05) is 18.2 Å². The smallest absolute Gasteiger partial charge is 0.335 e. The molecule has 0 bridgehead atoms. The van der Waals surface area contributed by atoms with Crippen molar-refractivity contribution in [1.82, 2.24) is 0 Å². The first-order valence-corrected chi connectivity index (χ1v) is 7.67. The normalized spacial score (nSPS) is 10.1. The Morgan fingerprint density at radius 1 is 1.04 bits per heavy atom. The van der Waals surface area contributed by atoms with E-state index in [4.69, 9.17) is 9.84 Å². The topological polar surface area (TPSA) is 110 Å². The van der Waals surface area contributed by atoms with Crippen molar-refractivity contribution in [2.75, 3.05) is 12.4 Å². The Morgan fingerprint density at radius 3 is 2.42 bits per heavy atom. The summed E-state index contributed by atoms with van der Waals surface area (Å²) in [6.45, 7) is 1.66. The van der Waals surface area contributed by atoms with E-state index >= 15 is 0 Å². The first-order valence-electron chi connectivity index (χ1n) is 7.67. The van der Waals surface area contributed by atoms with Gasteiger partial charge in [-0.15, -0.1) is 0 Å². The zero-order chi connectivity index (χ0) is 19.3. The van der Waals surface area contributed by atoms with Crippen LogP contribution in [0.3, 0.4) is 0 Å². The molecule has 0 spiro atoms. The highest BCUT2D eigenvalue weighted by Gasteiger charge is 2.20. The number of carbonyl (C=O) groups is 4. The second kappa shape index (κ2) is 8.06. The maximum absolute atomic E-state index is 12.2. The lowest BCUT2D eigenvalue weighted by molar-refractivity contribution is -0.134.